The number of rotatable bonds is 8. The van der Waals surface area contributed by atoms with Gasteiger partial charge in [-0.1, -0.05) is 91.0 Å². The van der Waals surface area contributed by atoms with Gasteiger partial charge in [-0.3, -0.25) is 9.59 Å². The average molecular weight is 437 g/mol. The molecule has 0 aliphatic rings. The van der Waals surface area contributed by atoms with Gasteiger partial charge in [0, 0.05) is 18.7 Å². The molecule has 4 aromatic rings. The highest BCUT2D eigenvalue weighted by Gasteiger charge is 2.26. The lowest BCUT2D eigenvalue weighted by Gasteiger charge is -2.27. The lowest BCUT2D eigenvalue weighted by Crippen LogP contribution is -2.50. The van der Waals surface area contributed by atoms with Crippen molar-refractivity contribution in [2.75, 3.05) is 11.4 Å². The third-order valence-electron chi connectivity index (χ3n) is 5.74. The molecule has 0 saturated heterocycles. The number of hydrogen-bond acceptors (Lipinski definition) is 2. The van der Waals surface area contributed by atoms with Crippen molar-refractivity contribution in [2.24, 2.45) is 0 Å². The maximum absolute atomic E-state index is 13.6. The molecule has 1 atom stereocenters. The van der Waals surface area contributed by atoms with E-state index in [0.29, 0.717) is 13.0 Å². The van der Waals surface area contributed by atoms with Gasteiger partial charge in [-0.2, -0.15) is 0 Å². The van der Waals surface area contributed by atoms with Crippen molar-refractivity contribution in [3.8, 4) is 0 Å². The summed E-state index contributed by atoms with van der Waals surface area (Å²) in [6.07, 6.45) is 0.660. The molecular formula is C29H28N2O2. The fraction of sp³-hybridized carbons (Fsp3) is 0.172. The van der Waals surface area contributed by atoms with Crippen LogP contribution in [0.5, 0.6) is 0 Å². The molecule has 4 nitrogen and oxygen atoms in total. The number of benzene rings is 4. The molecule has 4 aromatic carbocycles. The Bertz CT molecular complexity index is 1220. The summed E-state index contributed by atoms with van der Waals surface area (Å²) in [6, 6.07) is 32.8. The normalized spacial score (nSPS) is 11.7. The zero-order valence-electron chi connectivity index (χ0n) is 18.8. The summed E-state index contributed by atoms with van der Waals surface area (Å²) in [5.41, 5.74) is 2.75. The summed E-state index contributed by atoms with van der Waals surface area (Å²) in [5.74, 6) is -0.275. The van der Waals surface area contributed by atoms with Gasteiger partial charge in [-0.15, -0.1) is 0 Å². The predicted molar refractivity (Wildman–Crippen MR) is 134 cm³/mol. The van der Waals surface area contributed by atoms with Crippen molar-refractivity contribution in [1.29, 1.82) is 0 Å². The highest BCUT2D eigenvalue weighted by molar-refractivity contribution is 5.99. The van der Waals surface area contributed by atoms with Crippen LogP contribution in [0.25, 0.3) is 10.8 Å². The first-order valence-electron chi connectivity index (χ1n) is 11.3. The van der Waals surface area contributed by atoms with Crippen LogP contribution in [0.4, 0.5) is 5.69 Å². The Morgan fingerprint density at radius 1 is 0.758 bits per heavy atom. The highest BCUT2D eigenvalue weighted by Crippen LogP contribution is 2.18. The molecule has 0 fully saturated rings. The zero-order valence-corrected chi connectivity index (χ0v) is 18.8. The highest BCUT2D eigenvalue weighted by atomic mass is 16.2. The molecule has 4 rings (SSSR count). The van der Waals surface area contributed by atoms with E-state index < -0.39 is 6.04 Å². The van der Waals surface area contributed by atoms with Gasteiger partial charge in [0.1, 0.15) is 6.04 Å². The van der Waals surface area contributed by atoms with Gasteiger partial charge in [0.05, 0.1) is 6.42 Å². The van der Waals surface area contributed by atoms with Crippen molar-refractivity contribution in [3.63, 3.8) is 0 Å². The van der Waals surface area contributed by atoms with Crippen molar-refractivity contribution in [2.45, 2.75) is 25.8 Å². The molecule has 0 heterocycles. The average Bonchev–Trinajstić information content (AvgIpc) is 2.85. The molecule has 4 heteroatoms. The Morgan fingerprint density at radius 2 is 1.39 bits per heavy atom. The van der Waals surface area contributed by atoms with Gasteiger partial charge < -0.3 is 10.2 Å². The van der Waals surface area contributed by atoms with Gasteiger partial charge in [0.15, 0.2) is 0 Å². The van der Waals surface area contributed by atoms with Crippen molar-refractivity contribution >= 4 is 28.3 Å². The second kappa shape index (κ2) is 10.6. The quantitative estimate of drug-likeness (QED) is 0.415. The summed E-state index contributed by atoms with van der Waals surface area (Å²) >= 11 is 0. The minimum Gasteiger partial charge on any atom is -0.344 e. The topological polar surface area (TPSA) is 49.4 Å². The molecule has 0 spiro atoms. The molecule has 0 aromatic heterocycles. The Labute approximate surface area is 194 Å². The summed E-state index contributed by atoms with van der Waals surface area (Å²) in [6.45, 7) is 2.47. The number of likely N-dealkylation sites (N-methyl/N-ethyl adjacent to an activating group) is 1. The molecule has 0 bridgehead atoms. The first-order chi connectivity index (χ1) is 16.1. The van der Waals surface area contributed by atoms with Crippen LogP contribution in [0.1, 0.15) is 18.1 Å². The van der Waals surface area contributed by atoms with Crippen LogP contribution in [0.3, 0.4) is 0 Å². The van der Waals surface area contributed by atoms with E-state index in [0.717, 1.165) is 27.6 Å². The number of carbonyl (C=O) groups is 2. The zero-order chi connectivity index (χ0) is 23.0. The summed E-state index contributed by atoms with van der Waals surface area (Å²) in [4.78, 5) is 28.3. The summed E-state index contributed by atoms with van der Waals surface area (Å²) in [7, 11) is 0. The van der Waals surface area contributed by atoms with Gasteiger partial charge in [-0.25, -0.2) is 0 Å². The van der Waals surface area contributed by atoms with Gasteiger partial charge in [-0.05, 0) is 41.0 Å². The molecule has 1 N–H and O–H groups in total. The Morgan fingerprint density at radius 3 is 2.09 bits per heavy atom. The maximum atomic E-state index is 13.6. The van der Waals surface area contributed by atoms with Crippen LogP contribution in [0.15, 0.2) is 103 Å². The molecule has 0 aliphatic carbocycles. The molecular weight excluding hydrogens is 408 g/mol. The Hall–Kier alpha value is -3.92. The number of nitrogens with one attached hydrogen (secondary N) is 1. The Kier molecular flexibility index (Phi) is 7.16. The second-order valence-electron chi connectivity index (χ2n) is 8.09. The van der Waals surface area contributed by atoms with Crippen molar-refractivity contribution < 1.29 is 9.59 Å². The van der Waals surface area contributed by atoms with E-state index in [4.69, 9.17) is 0 Å². The molecule has 0 radical (unpaired) electrons. The number of para-hydroxylation sites is 1. The molecule has 0 saturated carbocycles. The summed E-state index contributed by atoms with van der Waals surface area (Å²) < 4.78 is 0. The second-order valence-corrected chi connectivity index (χ2v) is 8.09. The fourth-order valence-electron chi connectivity index (χ4n) is 4.09. The smallest absolute Gasteiger partial charge is 0.249 e. The molecule has 2 amide bonds. The minimum atomic E-state index is -0.652. The van der Waals surface area contributed by atoms with Gasteiger partial charge in [0.2, 0.25) is 11.8 Å². The molecule has 1 unspecified atom stereocenters. The van der Waals surface area contributed by atoms with Gasteiger partial charge >= 0.3 is 0 Å². The third kappa shape index (κ3) is 5.66. The van der Waals surface area contributed by atoms with Crippen molar-refractivity contribution in [1.82, 2.24) is 5.32 Å². The van der Waals surface area contributed by atoms with Crippen LogP contribution < -0.4 is 10.2 Å². The number of nitrogens with zero attached hydrogens (tertiary/aromatic N) is 1. The first-order valence-corrected chi connectivity index (χ1v) is 11.3. The monoisotopic (exact) mass is 436 g/mol. The number of fused-ring (bicyclic) bond motifs is 1. The van der Waals surface area contributed by atoms with E-state index in [1.807, 2.05) is 104 Å². The molecule has 0 aliphatic heterocycles. The number of amides is 2. The lowest BCUT2D eigenvalue weighted by molar-refractivity contribution is -0.127. The van der Waals surface area contributed by atoms with Crippen LogP contribution >= 0.6 is 0 Å². The molecule has 166 valence electrons. The predicted octanol–water partition coefficient (Wildman–Crippen LogP) is 5.16. The first kappa shape index (κ1) is 22.3. The van der Waals surface area contributed by atoms with E-state index in [1.54, 1.807) is 4.90 Å². The minimum absolute atomic E-state index is 0.112. The van der Waals surface area contributed by atoms with Crippen LogP contribution in [-0.4, -0.2) is 24.4 Å². The van der Waals surface area contributed by atoms with E-state index in [1.165, 1.54) is 0 Å². The SMILES string of the molecule is CCN(C(=O)C(Cc1ccccc1)NC(=O)Cc1ccc2ccccc2c1)c1ccccc1. The number of anilines is 1. The van der Waals surface area contributed by atoms with E-state index in [2.05, 4.69) is 11.4 Å². The van der Waals surface area contributed by atoms with Gasteiger partial charge in [0.25, 0.3) is 0 Å². The van der Waals surface area contributed by atoms with Crippen LogP contribution in [0, 0.1) is 0 Å². The third-order valence-corrected chi connectivity index (χ3v) is 5.74. The Balaban J connectivity index is 1.54. The molecule has 33 heavy (non-hydrogen) atoms. The van der Waals surface area contributed by atoms with E-state index >= 15 is 0 Å². The fourth-order valence-corrected chi connectivity index (χ4v) is 4.09. The van der Waals surface area contributed by atoms with E-state index in [9.17, 15) is 9.59 Å². The van der Waals surface area contributed by atoms with Crippen molar-refractivity contribution in [3.05, 3.63) is 114 Å². The summed E-state index contributed by atoms with van der Waals surface area (Å²) in [5, 5.41) is 5.25. The number of hydrogen-bond donors (Lipinski definition) is 1. The van der Waals surface area contributed by atoms with Crippen LogP contribution in [-0.2, 0) is 22.4 Å². The number of carbonyl (C=O) groups excluding carboxylic acids is 2. The lowest BCUT2D eigenvalue weighted by atomic mass is 10.0. The largest absolute Gasteiger partial charge is 0.344 e. The van der Waals surface area contributed by atoms with E-state index in [-0.39, 0.29) is 18.2 Å². The maximum Gasteiger partial charge on any atom is 0.249 e. The standard InChI is InChI=1S/C29H28N2O2/c1-2-31(26-15-7-4-8-16-26)29(33)27(20-22-11-5-3-6-12-22)30-28(32)21-23-17-18-24-13-9-10-14-25(24)19-23/h3-19,27H,2,20-21H2,1H3,(H,30,32). The van der Waals surface area contributed by atoms with Crippen LogP contribution in [0.2, 0.25) is 0 Å².